The normalized spacial score (nSPS) is 11.0. The predicted octanol–water partition coefficient (Wildman–Crippen LogP) is 3.57. The maximum absolute atomic E-state index is 12.5. The van der Waals surface area contributed by atoms with Gasteiger partial charge < -0.3 is 9.47 Å². The lowest BCUT2D eigenvalue weighted by Crippen LogP contribution is -2.07. The molecule has 0 aliphatic rings. The molecule has 9 heteroatoms. The second-order valence-corrected chi connectivity index (χ2v) is 6.77. The zero-order valence-electron chi connectivity index (χ0n) is 15.4. The van der Waals surface area contributed by atoms with Gasteiger partial charge in [0, 0.05) is 12.2 Å². The summed E-state index contributed by atoms with van der Waals surface area (Å²) in [7, 11) is -3.63. The first-order valence-electron chi connectivity index (χ1n) is 8.59. The predicted molar refractivity (Wildman–Crippen MR) is 96.5 cm³/mol. The number of hydrogen-bond donors (Lipinski definition) is 0. The van der Waals surface area contributed by atoms with Gasteiger partial charge in [-0.05, 0) is 32.1 Å². The van der Waals surface area contributed by atoms with Crippen LogP contribution in [0.25, 0.3) is 0 Å². The maximum atomic E-state index is 12.5. The van der Waals surface area contributed by atoms with Crippen molar-refractivity contribution in [2.24, 2.45) is 0 Å². The van der Waals surface area contributed by atoms with Crippen LogP contribution in [0.15, 0.2) is 25.3 Å². The Morgan fingerprint density at radius 2 is 1.15 bits per heavy atom. The van der Waals surface area contributed by atoms with E-state index in [1.807, 2.05) is 6.92 Å². The van der Waals surface area contributed by atoms with Crippen molar-refractivity contribution in [3.8, 4) is 0 Å². The molecule has 0 rings (SSSR count). The third-order valence-corrected chi connectivity index (χ3v) is 4.35. The molecule has 26 heavy (non-hydrogen) atoms. The van der Waals surface area contributed by atoms with Crippen LogP contribution in [-0.2, 0) is 37.2 Å². The van der Waals surface area contributed by atoms with E-state index in [2.05, 4.69) is 13.2 Å². The second kappa shape index (κ2) is 15.8. The molecule has 0 bridgehead atoms. The highest BCUT2D eigenvalue weighted by atomic mass is 31.2. The van der Waals surface area contributed by atoms with Crippen LogP contribution in [0, 0.1) is 0 Å². The molecule has 0 aromatic rings. The average molecular weight is 392 g/mol. The molecule has 0 fully saturated rings. The van der Waals surface area contributed by atoms with Gasteiger partial charge in [-0.3, -0.25) is 13.6 Å². The molecule has 0 aromatic heterocycles. The molecule has 150 valence electrons. The lowest BCUT2D eigenvalue weighted by atomic mass is 10.3. The Kier molecular flexibility index (Phi) is 14.9. The van der Waals surface area contributed by atoms with E-state index < -0.39 is 19.8 Å². The molecule has 0 amide bonds. The Hall–Kier alpha value is -1.47. The minimum absolute atomic E-state index is 0.156. The van der Waals surface area contributed by atoms with Crippen LogP contribution in [0.3, 0.4) is 0 Å². The van der Waals surface area contributed by atoms with E-state index in [0.29, 0.717) is 32.1 Å². The summed E-state index contributed by atoms with van der Waals surface area (Å²) >= 11 is 0. The second-order valence-electron chi connectivity index (χ2n) is 5.10. The van der Waals surface area contributed by atoms with Gasteiger partial charge in [0.25, 0.3) is 0 Å². The van der Waals surface area contributed by atoms with Crippen LogP contribution in [-0.4, -0.2) is 45.0 Å². The number of esters is 2. The smallest absolute Gasteiger partial charge is 0.463 e. The summed E-state index contributed by atoms with van der Waals surface area (Å²) in [5.74, 6) is -0.963. The van der Waals surface area contributed by atoms with Crippen molar-refractivity contribution in [3.05, 3.63) is 25.3 Å². The maximum Gasteiger partial charge on any atom is 0.474 e. The molecule has 0 aromatic carbocycles. The Balaban J connectivity index is 4.00. The van der Waals surface area contributed by atoms with E-state index in [1.54, 1.807) is 0 Å². The SMILES string of the molecule is C=CC(=O)OCCCCOP(=O)(OCCC)OCCCCOC(=O)C=C. The van der Waals surface area contributed by atoms with Crippen molar-refractivity contribution >= 4 is 19.8 Å². The van der Waals surface area contributed by atoms with Crippen molar-refractivity contribution in [2.75, 3.05) is 33.0 Å². The fourth-order valence-corrected chi connectivity index (χ4v) is 2.87. The summed E-state index contributed by atoms with van der Waals surface area (Å²) in [6.07, 6.45) is 5.04. The number of carbonyl (C=O) groups excluding carboxylic acids is 2. The Labute approximate surface area is 155 Å². The van der Waals surface area contributed by atoms with Crippen LogP contribution in [0.1, 0.15) is 39.0 Å². The first-order valence-corrected chi connectivity index (χ1v) is 10.1. The number of rotatable bonds is 17. The number of phosphoric ester groups is 1. The quantitative estimate of drug-likeness (QED) is 0.160. The monoisotopic (exact) mass is 392 g/mol. The molecule has 0 N–H and O–H groups in total. The largest absolute Gasteiger partial charge is 0.474 e. The van der Waals surface area contributed by atoms with Crippen molar-refractivity contribution in [1.82, 2.24) is 0 Å². The van der Waals surface area contributed by atoms with Gasteiger partial charge in [0.15, 0.2) is 0 Å². The van der Waals surface area contributed by atoms with Gasteiger partial charge in [0.2, 0.25) is 0 Å². The van der Waals surface area contributed by atoms with Crippen LogP contribution < -0.4 is 0 Å². The fraction of sp³-hybridized carbons (Fsp3) is 0.647. The molecule has 0 saturated heterocycles. The topological polar surface area (TPSA) is 97.4 Å². The highest BCUT2D eigenvalue weighted by Gasteiger charge is 2.25. The molecule has 8 nitrogen and oxygen atoms in total. The number of carbonyl (C=O) groups is 2. The minimum Gasteiger partial charge on any atom is -0.463 e. The average Bonchev–Trinajstić information content (AvgIpc) is 2.65. The summed E-state index contributed by atoms with van der Waals surface area (Å²) in [4.78, 5) is 21.8. The van der Waals surface area contributed by atoms with E-state index in [4.69, 9.17) is 23.0 Å². The molecule has 0 spiro atoms. The number of ether oxygens (including phenoxy) is 2. The van der Waals surface area contributed by atoms with Gasteiger partial charge in [-0.1, -0.05) is 20.1 Å². The molecule has 0 saturated carbocycles. The van der Waals surface area contributed by atoms with Gasteiger partial charge in [-0.25, -0.2) is 14.2 Å². The van der Waals surface area contributed by atoms with Crippen LogP contribution in [0.2, 0.25) is 0 Å². The van der Waals surface area contributed by atoms with E-state index in [9.17, 15) is 14.2 Å². The molecular weight excluding hydrogens is 363 g/mol. The Morgan fingerprint density at radius 3 is 1.54 bits per heavy atom. The molecular formula is C17H29O8P. The highest BCUT2D eigenvalue weighted by Crippen LogP contribution is 2.49. The lowest BCUT2D eigenvalue weighted by Gasteiger charge is -2.17. The molecule has 0 heterocycles. The Bertz CT molecular complexity index is 441. The van der Waals surface area contributed by atoms with Gasteiger partial charge in [0.1, 0.15) is 0 Å². The molecule has 0 unspecified atom stereocenters. The van der Waals surface area contributed by atoms with Gasteiger partial charge in [-0.2, -0.15) is 0 Å². The molecule has 0 aliphatic heterocycles. The van der Waals surface area contributed by atoms with E-state index in [-0.39, 0.29) is 33.0 Å². The van der Waals surface area contributed by atoms with Gasteiger partial charge in [0.05, 0.1) is 33.0 Å². The van der Waals surface area contributed by atoms with Crippen molar-refractivity contribution in [2.45, 2.75) is 39.0 Å². The zero-order chi connectivity index (χ0) is 19.7. The summed E-state index contributed by atoms with van der Waals surface area (Å²) < 4.78 is 37.9. The van der Waals surface area contributed by atoms with Crippen LogP contribution in [0.4, 0.5) is 0 Å². The summed E-state index contributed by atoms with van der Waals surface area (Å²) in [5, 5.41) is 0. The highest BCUT2D eigenvalue weighted by molar-refractivity contribution is 7.48. The van der Waals surface area contributed by atoms with Gasteiger partial charge in [-0.15, -0.1) is 0 Å². The first-order chi connectivity index (χ1) is 12.5. The summed E-state index contributed by atoms with van der Waals surface area (Å²) in [6, 6.07) is 0. The Morgan fingerprint density at radius 1 is 0.769 bits per heavy atom. The lowest BCUT2D eigenvalue weighted by molar-refractivity contribution is -0.138. The van der Waals surface area contributed by atoms with E-state index >= 15 is 0 Å². The first kappa shape index (κ1) is 24.5. The summed E-state index contributed by atoms with van der Waals surface area (Å²) in [6.45, 7) is 9.52. The van der Waals surface area contributed by atoms with E-state index in [1.165, 1.54) is 0 Å². The number of hydrogen-bond acceptors (Lipinski definition) is 8. The fourth-order valence-electron chi connectivity index (χ4n) is 1.54. The third kappa shape index (κ3) is 13.8. The van der Waals surface area contributed by atoms with Crippen LogP contribution in [0.5, 0.6) is 0 Å². The third-order valence-electron chi connectivity index (χ3n) is 2.85. The minimum atomic E-state index is -3.63. The standard InChI is InChI=1S/C17H29O8P/c1-4-11-23-26(20,24-14-9-7-12-21-16(18)5-2)25-15-10-8-13-22-17(19)6-3/h5-6H,2-4,7-15H2,1H3. The zero-order valence-corrected chi connectivity index (χ0v) is 16.2. The van der Waals surface area contributed by atoms with Crippen molar-refractivity contribution in [1.29, 1.82) is 0 Å². The molecule has 0 radical (unpaired) electrons. The van der Waals surface area contributed by atoms with Crippen molar-refractivity contribution in [3.63, 3.8) is 0 Å². The summed E-state index contributed by atoms with van der Waals surface area (Å²) in [5.41, 5.74) is 0. The van der Waals surface area contributed by atoms with Gasteiger partial charge >= 0.3 is 19.8 Å². The van der Waals surface area contributed by atoms with Crippen LogP contribution >= 0.6 is 7.82 Å². The molecule has 0 atom stereocenters. The number of unbranched alkanes of at least 4 members (excludes halogenated alkanes) is 2. The number of phosphoric acid groups is 1. The van der Waals surface area contributed by atoms with Crippen molar-refractivity contribution < 1.29 is 37.2 Å². The van der Waals surface area contributed by atoms with E-state index in [0.717, 1.165) is 12.2 Å². The molecule has 0 aliphatic carbocycles.